The molecule has 0 amide bonds. The van der Waals surface area contributed by atoms with Crippen LogP contribution in [0.5, 0.6) is 0 Å². The molecule has 10 heterocycles. The summed E-state index contributed by atoms with van der Waals surface area (Å²) in [6.45, 7) is 15.3. The first-order chi connectivity index (χ1) is 33.0. The molecule has 0 radical (unpaired) electrons. The summed E-state index contributed by atoms with van der Waals surface area (Å²) in [7, 11) is 0. The van der Waals surface area contributed by atoms with Crippen LogP contribution in [0.2, 0.25) is 0 Å². The molecule has 2 aromatic rings. The van der Waals surface area contributed by atoms with Gasteiger partial charge >= 0.3 is 11.9 Å². The second-order valence-corrected chi connectivity index (χ2v) is 24.9. The Hall–Kier alpha value is -1.02. The highest BCUT2D eigenvalue weighted by molar-refractivity contribution is 7.10. The maximum atomic E-state index is 13.6. The molecule has 10 fully saturated rings. The number of hydrogen-bond acceptors (Lipinski definition) is 12. The number of aliphatic hydroxyl groups is 4. The van der Waals surface area contributed by atoms with E-state index in [0.29, 0.717) is 11.8 Å². The zero-order valence-corrected chi connectivity index (χ0v) is 46.7. The van der Waals surface area contributed by atoms with E-state index in [-0.39, 0.29) is 70.2 Å². The number of likely N-dealkylation sites (tertiary alicyclic amines) is 2. The third-order valence-electron chi connectivity index (χ3n) is 18.7. The smallest absolute Gasteiger partial charge is 0.344 e. The number of halogens is 2. The number of rotatable bonds is 18. The lowest BCUT2D eigenvalue weighted by Crippen LogP contribution is -3.00. The molecule has 12 nitrogen and oxygen atoms in total. The van der Waals surface area contributed by atoms with Crippen molar-refractivity contribution in [3.63, 3.8) is 0 Å². The highest BCUT2D eigenvalue weighted by atomic mass is 79.9. The van der Waals surface area contributed by atoms with Crippen molar-refractivity contribution in [2.75, 3.05) is 91.6 Å². The summed E-state index contributed by atoms with van der Waals surface area (Å²) in [4.78, 5) is 33.6. The van der Waals surface area contributed by atoms with Gasteiger partial charge in [-0.15, -0.1) is 22.7 Å². The van der Waals surface area contributed by atoms with Crippen molar-refractivity contribution >= 4 is 34.6 Å². The van der Waals surface area contributed by atoms with Crippen molar-refractivity contribution in [1.82, 2.24) is 9.80 Å². The minimum Gasteiger partial charge on any atom is -1.00 e. The van der Waals surface area contributed by atoms with Crippen LogP contribution in [0, 0.1) is 23.7 Å². The van der Waals surface area contributed by atoms with Gasteiger partial charge in [0, 0.05) is 85.3 Å². The van der Waals surface area contributed by atoms with E-state index in [1.165, 1.54) is 74.5 Å². The Kier molecular flexibility index (Phi) is 20.8. The molecule has 0 spiro atoms. The van der Waals surface area contributed by atoms with Crippen LogP contribution in [0.4, 0.5) is 0 Å². The van der Waals surface area contributed by atoms with E-state index in [0.717, 1.165) is 187 Å². The molecule has 70 heavy (non-hydrogen) atoms. The molecular formula is C54H86Br2N4O8S2. The molecule has 16 heteroatoms. The maximum Gasteiger partial charge on any atom is 0.344 e. The van der Waals surface area contributed by atoms with Gasteiger partial charge < -0.3 is 82.6 Å². The zero-order valence-electron chi connectivity index (χ0n) is 41.9. The lowest BCUT2D eigenvalue weighted by molar-refractivity contribution is -0.946. The Labute approximate surface area is 448 Å². The lowest BCUT2D eigenvalue weighted by Gasteiger charge is -2.52. The van der Waals surface area contributed by atoms with Crippen LogP contribution >= 0.6 is 22.7 Å². The van der Waals surface area contributed by atoms with Crippen molar-refractivity contribution in [2.24, 2.45) is 23.7 Å². The van der Waals surface area contributed by atoms with Crippen LogP contribution in [0.25, 0.3) is 0 Å². The normalized spacial score (nSPS) is 31.7. The van der Waals surface area contributed by atoms with Crippen molar-refractivity contribution in [3.05, 3.63) is 44.8 Å². The van der Waals surface area contributed by atoms with E-state index >= 15 is 0 Å². The fraction of sp³-hybridized carbons (Fsp3) is 0.815. The predicted molar refractivity (Wildman–Crippen MR) is 267 cm³/mol. The number of esters is 2. The molecule has 4 atom stereocenters. The fourth-order valence-electron chi connectivity index (χ4n) is 14.3. The number of hydrogen-bond donors (Lipinski definition) is 4. The van der Waals surface area contributed by atoms with Crippen molar-refractivity contribution in [2.45, 2.75) is 164 Å². The first kappa shape index (κ1) is 56.7. The Bertz CT molecular complexity index is 1740. The monoisotopic (exact) mass is 1140 g/mol. The van der Waals surface area contributed by atoms with E-state index in [4.69, 9.17) is 9.47 Å². The van der Waals surface area contributed by atoms with Gasteiger partial charge in [0.15, 0.2) is 23.4 Å². The number of thiophene rings is 2. The third kappa shape index (κ3) is 13.1. The van der Waals surface area contributed by atoms with Crippen LogP contribution < -0.4 is 34.0 Å². The molecule has 10 aliphatic rings. The summed E-state index contributed by atoms with van der Waals surface area (Å²) >= 11 is 2.95. The maximum absolute atomic E-state index is 13.6. The Morgan fingerprint density at radius 2 is 0.914 bits per heavy atom. The standard InChI is InChI=1S/2C27H43N2O4S.2BrH/c2*30-23-9-14-28(15-10-23)13-3-4-16-29-17-11-21(12-18-29)24(20-29)33-26(31)27(32,22-6-1-2-7-22)25-8-5-19-34-25;;/h2*5,8,19,21-24,30,32H,1-4,6-7,9-18,20H2;2*1H/q2*+1;;/p-2/t2*21?,24-,27+,29?;;/m00../s1. The third-order valence-corrected chi connectivity index (χ3v) is 20.7. The summed E-state index contributed by atoms with van der Waals surface area (Å²) in [6.07, 6.45) is 20.5. The van der Waals surface area contributed by atoms with E-state index in [2.05, 4.69) is 9.80 Å². The average Bonchev–Trinajstić information content (AvgIpc) is 4.23. The molecule has 8 saturated heterocycles. The molecular weight excluding hydrogens is 1060 g/mol. The van der Waals surface area contributed by atoms with Gasteiger partial charge in [-0.2, -0.15) is 0 Å². The van der Waals surface area contributed by atoms with Gasteiger partial charge in [-0.1, -0.05) is 37.8 Å². The molecule has 0 aromatic carbocycles. The highest BCUT2D eigenvalue weighted by Crippen LogP contribution is 2.46. The Balaban J connectivity index is 0.000000201. The number of aliphatic hydroxyl groups excluding tert-OH is 2. The predicted octanol–water partition coefficient (Wildman–Crippen LogP) is 1.04. The quantitative estimate of drug-likeness (QED) is 0.0975. The van der Waals surface area contributed by atoms with Gasteiger partial charge in [0.05, 0.1) is 51.5 Å². The molecule has 4 N–H and O–H groups in total. The van der Waals surface area contributed by atoms with Crippen LogP contribution in [-0.2, 0) is 30.3 Å². The molecule has 396 valence electrons. The SMILES string of the molecule is O=C(O[C@H]1C[N+]2(CCCCN3CCC(O)CC3)CCC1CC2)[C@](O)(c1cccs1)C1CCCC1.O=C(O[C@H]1C[N+]2(CCCCN3CCC(O)CC3)CCC1CC2)[C@](O)(c1cccs1)C1CCCC1.[Br-].[Br-]. The summed E-state index contributed by atoms with van der Waals surface area (Å²) < 4.78 is 14.6. The number of quaternary nitrogens is 2. The Morgan fingerprint density at radius 1 is 0.557 bits per heavy atom. The molecule has 12 rings (SSSR count). The summed E-state index contributed by atoms with van der Waals surface area (Å²) in [6, 6.07) is 7.65. The minimum atomic E-state index is -1.48. The number of ether oxygens (including phenoxy) is 2. The van der Waals surface area contributed by atoms with E-state index in [1.54, 1.807) is 0 Å². The topological polar surface area (TPSA) is 140 Å². The number of piperidine rings is 8. The number of carbonyl (C=O) groups is 2. The number of unbranched alkanes of at least 4 members (excludes halogenated alkanes) is 2. The van der Waals surface area contributed by atoms with Crippen molar-refractivity contribution in [1.29, 1.82) is 0 Å². The van der Waals surface area contributed by atoms with E-state index in [1.807, 2.05) is 35.0 Å². The molecule has 2 saturated carbocycles. The summed E-state index contributed by atoms with van der Waals surface area (Å²) in [5.74, 6) is 0.0365. The first-order valence-electron chi connectivity index (χ1n) is 27.4. The summed E-state index contributed by atoms with van der Waals surface area (Å²) in [5.41, 5.74) is -2.97. The second kappa shape index (κ2) is 25.7. The fourth-order valence-corrected chi connectivity index (χ4v) is 16.0. The Morgan fingerprint density at radius 3 is 1.24 bits per heavy atom. The van der Waals surface area contributed by atoms with Gasteiger partial charge in [0.1, 0.15) is 13.1 Å². The van der Waals surface area contributed by atoms with Gasteiger partial charge in [-0.25, -0.2) is 9.59 Å². The molecule has 8 aliphatic heterocycles. The number of nitrogens with zero attached hydrogens (tertiary/aromatic N) is 4. The van der Waals surface area contributed by atoms with Crippen LogP contribution in [-0.4, -0.2) is 167 Å². The average molecular weight is 1140 g/mol. The molecule has 2 aromatic heterocycles. The van der Waals surface area contributed by atoms with Gasteiger partial charge in [-0.3, -0.25) is 0 Å². The molecule has 4 bridgehead atoms. The lowest BCUT2D eigenvalue weighted by atomic mass is 9.82. The zero-order chi connectivity index (χ0) is 47.2. The van der Waals surface area contributed by atoms with Crippen LogP contribution in [0.3, 0.4) is 0 Å². The number of fused-ring (bicyclic) bond motifs is 6. The summed E-state index contributed by atoms with van der Waals surface area (Å²) in [5, 5.41) is 46.8. The van der Waals surface area contributed by atoms with Gasteiger partial charge in [-0.05, 0) is 113 Å². The van der Waals surface area contributed by atoms with Crippen molar-refractivity contribution in [3.8, 4) is 0 Å². The highest BCUT2D eigenvalue weighted by Gasteiger charge is 2.55. The van der Waals surface area contributed by atoms with Crippen LogP contribution in [0.15, 0.2) is 35.0 Å². The first-order valence-corrected chi connectivity index (χ1v) is 29.2. The molecule has 0 unspecified atom stereocenters. The van der Waals surface area contributed by atoms with Gasteiger partial charge in [0.2, 0.25) is 0 Å². The van der Waals surface area contributed by atoms with Gasteiger partial charge in [0.25, 0.3) is 0 Å². The number of carbonyl (C=O) groups excluding carboxylic acids is 2. The largest absolute Gasteiger partial charge is 1.00 e. The van der Waals surface area contributed by atoms with E-state index < -0.39 is 23.1 Å². The minimum absolute atomic E-state index is 0. The molecule has 2 aliphatic carbocycles. The van der Waals surface area contributed by atoms with Crippen LogP contribution in [0.1, 0.15) is 138 Å². The van der Waals surface area contributed by atoms with E-state index in [9.17, 15) is 30.0 Å². The van der Waals surface area contributed by atoms with Crippen molar-refractivity contribution < 1.29 is 82.4 Å². The second-order valence-electron chi connectivity index (χ2n) is 23.0.